The molecule has 1 saturated carbocycles. The van der Waals surface area contributed by atoms with E-state index in [9.17, 15) is 9.90 Å². The number of amides is 1. The number of benzene rings is 2. The molecule has 0 unspecified atom stereocenters. The molecule has 2 aromatic rings. The summed E-state index contributed by atoms with van der Waals surface area (Å²) in [7, 11) is 1.97. The highest BCUT2D eigenvalue weighted by atomic mass is 16.3. The van der Waals surface area contributed by atoms with Gasteiger partial charge in [0, 0.05) is 18.8 Å². The third kappa shape index (κ3) is 3.77. The lowest BCUT2D eigenvalue weighted by atomic mass is 9.93. The summed E-state index contributed by atoms with van der Waals surface area (Å²) in [5.74, 6) is -0.0465. The molecule has 2 aromatic carbocycles. The number of hydrogen-bond acceptors (Lipinski definition) is 3. The Kier molecular flexibility index (Phi) is 5.16. The predicted molar refractivity (Wildman–Crippen MR) is 96.7 cm³/mol. The fraction of sp³-hybridized carbons (Fsp3) is 0.350. The molecule has 0 spiro atoms. The van der Waals surface area contributed by atoms with Crippen molar-refractivity contribution in [1.29, 1.82) is 0 Å². The second kappa shape index (κ2) is 7.49. The minimum Gasteiger partial charge on any atom is -0.393 e. The summed E-state index contributed by atoms with van der Waals surface area (Å²) in [6, 6.07) is 17.8. The quantitative estimate of drug-likeness (QED) is 0.905. The first-order valence-electron chi connectivity index (χ1n) is 8.52. The molecule has 2 N–H and O–H groups in total. The van der Waals surface area contributed by atoms with Crippen molar-refractivity contribution in [1.82, 2.24) is 5.32 Å². The Morgan fingerprint density at radius 3 is 2.33 bits per heavy atom. The smallest absolute Gasteiger partial charge is 0.253 e. The summed E-state index contributed by atoms with van der Waals surface area (Å²) in [4.78, 5) is 14.8. The number of carbonyl (C=O) groups excluding carboxylic acids is 1. The van der Waals surface area contributed by atoms with Crippen molar-refractivity contribution in [2.45, 2.75) is 37.8 Å². The van der Waals surface area contributed by atoms with E-state index in [2.05, 4.69) is 5.32 Å². The molecule has 1 aliphatic rings. The normalized spacial score (nSPS) is 20.4. The number of carbonyl (C=O) groups is 1. The Bertz CT molecular complexity index is 679. The number of nitrogens with one attached hydrogen (secondary N) is 1. The molecular weight excluding hydrogens is 300 g/mol. The molecule has 24 heavy (non-hydrogen) atoms. The van der Waals surface area contributed by atoms with Crippen LogP contribution in [0.25, 0.3) is 0 Å². The van der Waals surface area contributed by atoms with Crippen LogP contribution in [0.4, 0.5) is 11.4 Å². The van der Waals surface area contributed by atoms with Crippen LogP contribution in [0.3, 0.4) is 0 Å². The molecule has 4 heteroatoms. The SMILES string of the molecule is CN(c1ccccc1)c1ccccc1C(=O)NC1CCC(O)CC1. The number of aliphatic hydroxyl groups is 1. The minimum absolute atomic E-state index is 0.0465. The van der Waals surface area contributed by atoms with Crippen LogP contribution in [0.2, 0.25) is 0 Å². The van der Waals surface area contributed by atoms with Gasteiger partial charge in [0.1, 0.15) is 0 Å². The van der Waals surface area contributed by atoms with E-state index in [0.717, 1.165) is 37.1 Å². The van der Waals surface area contributed by atoms with Crippen molar-refractivity contribution < 1.29 is 9.90 Å². The number of nitrogens with zero attached hydrogens (tertiary/aromatic N) is 1. The van der Waals surface area contributed by atoms with Gasteiger partial charge in [0.2, 0.25) is 0 Å². The number of hydrogen-bond donors (Lipinski definition) is 2. The lowest BCUT2D eigenvalue weighted by Crippen LogP contribution is -2.39. The highest BCUT2D eigenvalue weighted by Crippen LogP contribution is 2.27. The first kappa shape index (κ1) is 16.5. The van der Waals surface area contributed by atoms with Gasteiger partial charge < -0.3 is 15.3 Å². The fourth-order valence-electron chi connectivity index (χ4n) is 3.23. The highest BCUT2D eigenvalue weighted by Gasteiger charge is 2.22. The van der Waals surface area contributed by atoms with E-state index in [1.165, 1.54) is 0 Å². The minimum atomic E-state index is -0.213. The Labute approximate surface area is 143 Å². The van der Waals surface area contributed by atoms with Crippen LogP contribution in [-0.4, -0.2) is 30.2 Å². The van der Waals surface area contributed by atoms with Crippen LogP contribution in [0, 0.1) is 0 Å². The van der Waals surface area contributed by atoms with Crippen molar-refractivity contribution >= 4 is 17.3 Å². The largest absolute Gasteiger partial charge is 0.393 e. The molecular formula is C20H24N2O2. The van der Waals surface area contributed by atoms with Gasteiger partial charge in [0.25, 0.3) is 5.91 Å². The predicted octanol–water partition coefficient (Wildman–Crippen LogP) is 3.49. The topological polar surface area (TPSA) is 52.6 Å². The third-order valence-corrected chi connectivity index (χ3v) is 4.69. The van der Waals surface area contributed by atoms with Crippen LogP contribution >= 0.6 is 0 Å². The average molecular weight is 324 g/mol. The molecule has 0 heterocycles. The van der Waals surface area contributed by atoms with Crippen molar-refractivity contribution in [3.8, 4) is 0 Å². The maximum atomic E-state index is 12.8. The van der Waals surface area contributed by atoms with E-state index in [1.54, 1.807) is 0 Å². The molecule has 0 bridgehead atoms. The molecule has 3 rings (SSSR count). The summed E-state index contributed by atoms with van der Waals surface area (Å²) < 4.78 is 0. The standard InChI is InChI=1S/C20H24N2O2/c1-22(16-7-3-2-4-8-16)19-10-6-5-9-18(19)20(24)21-15-11-13-17(23)14-12-15/h2-10,15,17,23H,11-14H2,1H3,(H,21,24). The summed E-state index contributed by atoms with van der Waals surface area (Å²) in [6.07, 6.45) is 2.98. The van der Waals surface area contributed by atoms with Gasteiger partial charge in [-0.1, -0.05) is 30.3 Å². The number of anilines is 2. The van der Waals surface area contributed by atoms with Gasteiger partial charge in [-0.25, -0.2) is 0 Å². The summed E-state index contributed by atoms with van der Waals surface area (Å²) in [5, 5.41) is 12.7. The van der Waals surface area contributed by atoms with Crippen molar-refractivity contribution in [3.05, 3.63) is 60.2 Å². The molecule has 0 saturated heterocycles. The Morgan fingerprint density at radius 1 is 1.00 bits per heavy atom. The number of para-hydroxylation sites is 2. The monoisotopic (exact) mass is 324 g/mol. The van der Waals surface area contributed by atoms with Gasteiger partial charge in [-0.3, -0.25) is 4.79 Å². The van der Waals surface area contributed by atoms with Crippen LogP contribution in [0.15, 0.2) is 54.6 Å². The summed E-state index contributed by atoms with van der Waals surface area (Å²) >= 11 is 0. The summed E-state index contributed by atoms with van der Waals surface area (Å²) in [6.45, 7) is 0. The Morgan fingerprint density at radius 2 is 1.62 bits per heavy atom. The second-order valence-corrected chi connectivity index (χ2v) is 6.39. The molecule has 126 valence electrons. The fourth-order valence-corrected chi connectivity index (χ4v) is 3.23. The molecule has 1 amide bonds. The van der Waals surface area contributed by atoms with Gasteiger partial charge in [-0.15, -0.1) is 0 Å². The zero-order valence-corrected chi connectivity index (χ0v) is 14.0. The number of rotatable bonds is 4. The number of aliphatic hydroxyl groups excluding tert-OH is 1. The van der Waals surface area contributed by atoms with E-state index in [-0.39, 0.29) is 18.1 Å². The Hall–Kier alpha value is -2.33. The van der Waals surface area contributed by atoms with Crippen LogP contribution in [0.5, 0.6) is 0 Å². The third-order valence-electron chi connectivity index (χ3n) is 4.69. The van der Waals surface area contributed by atoms with Crippen molar-refractivity contribution in [2.75, 3.05) is 11.9 Å². The van der Waals surface area contributed by atoms with Gasteiger partial charge >= 0.3 is 0 Å². The first-order valence-corrected chi connectivity index (χ1v) is 8.52. The molecule has 1 fully saturated rings. The van der Waals surface area contributed by atoms with E-state index in [0.29, 0.717) is 5.56 Å². The molecule has 0 radical (unpaired) electrons. The van der Waals surface area contributed by atoms with E-state index in [1.807, 2.05) is 66.5 Å². The first-order chi connectivity index (χ1) is 11.6. The molecule has 0 aliphatic heterocycles. The maximum Gasteiger partial charge on any atom is 0.253 e. The average Bonchev–Trinajstić information content (AvgIpc) is 2.63. The van der Waals surface area contributed by atoms with Crippen LogP contribution < -0.4 is 10.2 Å². The van der Waals surface area contributed by atoms with E-state index in [4.69, 9.17) is 0 Å². The molecule has 4 nitrogen and oxygen atoms in total. The lowest BCUT2D eigenvalue weighted by molar-refractivity contribution is 0.0868. The highest BCUT2D eigenvalue weighted by molar-refractivity contribution is 6.00. The van der Waals surface area contributed by atoms with Crippen LogP contribution in [0.1, 0.15) is 36.0 Å². The van der Waals surface area contributed by atoms with Gasteiger partial charge in [-0.05, 0) is 49.9 Å². The zero-order chi connectivity index (χ0) is 16.9. The maximum absolute atomic E-state index is 12.8. The van der Waals surface area contributed by atoms with Crippen molar-refractivity contribution in [2.24, 2.45) is 0 Å². The van der Waals surface area contributed by atoms with Crippen LogP contribution in [-0.2, 0) is 0 Å². The molecule has 1 aliphatic carbocycles. The molecule has 0 aromatic heterocycles. The van der Waals surface area contributed by atoms with Gasteiger partial charge in [0.15, 0.2) is 0 Å². The van der Waals surface area contributed by atoms with E-state index >= 15 is 0 Å². The van der Waals surface area contributed by atoms with E-state index < -0.39 is 0 Å². The van der Waals surface area contributed by atoms with Crippen molar-refractivity contribution in [3.63, 3.8) is 0 Å². The van der Waals surface area contributed by atoms with Gasteiger partial charge in [-0.2, -0.15) is 0 Å². The lowest BCUT2D eigenvalue weighted by Gasteiger charge is -2.27. The molecule has 0 atom stereocenters. The zero-order valence-electron chi connectivity index (χ0n) is 14.0. The van der Waals surface area contributed by atoms with Gasteiger partial charge in [0.05, 0.1) is 17.4 Å². The Balaban J connectivity index is 1.77. The second-order valence-electron chi connectivity index (χ2n) is 6.39. The summed E-state index contributed by atoms with van der Waals surface area (Å²) in [5.41, 5.74) is 2.60.